The van der Waals surface area contributed by atoms with Gasteiger partial charge in [0.1, 0.15) is 0 Å². The highest BCUT2D eigenvalue weighted by atomic mass is 32.2. The second-order valence-corrected chi connectivity index (χ2v) is 6.35. The van der Waals surface area contributed by atoms with Crippen LogP contribution < -0.4 is 0 Å². The second-order valence-electron chi connectivity index (χ2n) is 4.93. The van der Waals surface area contributed by atoms with E-state index in [2.05, 4.69) is 10.2 Å². The van der Waals surface area contributed by atoms with E-state index in [1.807, 2.05) is 0 Å². The Morgan fingerprint density at radius 2 is 1.58 bits per heavy atom. The molecule has 124 valence electrons. The number of hydrogen-bond donors (Lipinski definition) is 1. The van der Waals surface area contributed by atoms with E-state index in [1.54, 1.807) is 30.3 Å². The third kappa shape index (κ3) is 4.40. The van der Waals surface area contributed by atoms with Crippen LogP contribution in [0.3, 0.4) is 0 Å². The molecule has 1 atom stereocenters. The van der Waals surface area contributed by atoms with E-state index in [4.69, 9.17) is 4.55 Å². The summed E-state index contributed by atoms with van der Waals surface area (Å²) in [5.41, 5.74) is 0.591. The van der Waals surface area contributed by atoms with Crippen molar-refractivity contribution in [2.75, 3.05) is 0 Å². The fourth-order valence-corrected chi connectivity index (χ4v) is 2.37. The molecule has 0 amide bonds. The summed E-state index contributed by atoms with van der Waals surface area (Å²) < 4.78 is 30.8. The molecule has 8 heteroatoms. The molecule has 0 aliphatic heterocycles. The van der Waals surface area contributed by atoms with Crippen LogP contribution in [-0.2, 0) is 14.9 Å². The molecule has 1 unspecified atom stereocenters. The lowest BCUT2D eigenvalue weighted by Crippen LogP contribution is -2.26. The summed E-state index contributed by atoms with van der Waals surface area (Å²) in [4.78, 5) is 23.7. The van der Waals surface area contributed by atoms with Crippen molar-refractivity contribution in [3.8, 4) is 0 Å². The Balaban J connectivity index is 2.23. The molecule has 2 aromatic carbocycles. The van der Waals surface area contributed by atoms with Gasteiger partial charge in [0.15, 0.2) is 17.6 Å². The van der Waals surface area contributed by atoms with Crippen molar-refractivity contribution >= 4 is 27.4 Å². The summed E-state index contributed by atoms with van der Waals surface area (Å²) in [6.45, 7) is 1.24. The first kappa shape index (κ1) is 17.6. The van der Waals surface area contributed by atoms with Gasteiger partial charge in [-0.05, 0) is 31.2 Å². The number of azo groups is 1. The van der Waals surface area contributed by atoms with Crippen molar-refractivity contribution in [2.24, 2.45) is 10.2 Å². The first-order chi connectivity index (χ1) is 11.3. The second kappa shape index (κ2) is 7.24. The average molecular weight is 346 g/mol. The molecule has 2 aromatic rings. The summed E-state index contributed by atoms with van der Waals surface area (Å²) in [6.07, 6.45) is 0. The van der Waals surface area contributed by atoms with Gasteiger partial charge in [-0.15, -0.1) is 0 Å². The number of carbonyl (C=O) groups is 2. The first-order valence-corrected chi connectivity index (χ1v) is 8.31. The van der Waals surface area contributed by atoms with E-state index in [0.29, 0.717) is 5.56 Å². The molecule has 0 radical (unpaired) electrons. The largest absolute Gasteiger partial charge is 0.297 e. The molecular weight excluding hydrogens is 332 g/mol. The summed E-state index contributed by atoms with van der Waals surface area (Å²) in [5, 5.41) is 7.58. The molecule has 0 aliphatic carbocycles. The number of Topliss-reactive ketones (excluding diaryl/α,β-unsaturated/α-hetero) is 2. The molecule has 1 N–H and O–H groups in total. The van der Waals surface area contributed by atoms with E-state index in [-0.39, 0.29) is 10.6 Å². The third-order valence-electron chi connectivity index (χ3n) is 3.11. The number of rotatable bonds is 6. The number of ketones is 2. The Morgan fingerprint density at radius 1 is 1.00 bits per heavy atom. The van der Waals surface area contributed by atoms with Gasteiger partial charge in [-0.1, -0.05) is 30.3 Å². The minimum atomic E-state index is -4.29. The van der Waals surface area contributed by atoms with Crippen molar-refractivity contribution in [1.29, 1.82) is 0 Å². The molecular formula is C16H14N2O5S. The Bertz CT molecular complexity index is 874. The molecule has 0 saturated heterocycles. The van der Waals surface area contributed by atoms with Gasteiger partial charge in [0, 0.05) is 5.56 Å². The van der Waals surface area contributed by atoms with E-state index in [0.717, 1.165) is 12.1 Å². The summed E-state index contributed by atoms with van der Waals surface area (Å²) in [7, 11) is -4.29. The van der Waals surface area contributed by atoms with Gasteiger partial charge in [-0.2, -0.15) is 18.6 Å². The highest BCUT2D eigenvalue weighted by molar-refractivity contribution is 7.85. The Kier molecular flexibility index (Phi) is 5.32. The van der Waals surface area contributed by atoms with Crippen LogP contribution in [0.1, 0.15) is 17.3 Å². The molecule has 24 heavy (non-hydrogen) atoms. The standard InChI is InChI=1S/C16H14N2O5S/c1-11(19)15(16(20)12-5-3-2-4-6-12)18-17-13-7-9-14(10-8-13)24(21,22)23/h2-10,15H,1H3,(H,21,22,23). The molecule has 0 bridgehead atoms. The molecule has 0 aliphatic rings. The Hall–Kier alpha value is -2.71. The van der Waals surface area contributed by atoms with Crippen LogP contribution in [0.5, 0.6) is 0 Å². The molecule has 7 nitrogen and oxygen atoms in total. The van der Waals surface area contributed by atoms with Crippen LogP contribution in [0.25, 0.3) is 0 Å². The van der Waals surface area contributed by atoms with Crippen molar-refractivity contribution in [3.05, 3.63) is 60.2 Å². The summed E-state index contributed by atoms with van der Waals surface area (Å²) in [6, 6.07) is 11.9. The van der Waals surface area contributed by atoms with Crippen molar-refractivity contribution < 1.29 is 22.6 Å². The van der Waals surface area contributed by atoms with Gasteiger partial charge in [0.25, 0.3) is 10.1 Å². The van der Waals surface area contributed by atoms with Crippen LogP contribution in [0.15, 0.2) is 69.7 Å². The lowest BCUT2D eigenvalue weighted by atomic mass is 10.0. The number of nitrogens with zero attached hydrogens (tertiary/aromatic N) is 2. The number of carbonyl (C=O) groups excluding carboxylic acids is 2. The third-order valence-corrected chi connectivity index (χ3v) is 3.98. The van der Waals surface area contributed by atoms with E-state index in [9.17, 15) is 18.0 Å². The van der Waals surface area contributed by atoms with Crippen molar-refractivity contribution in [1.82, 2.24) is 0 Å². The number of hydrogen-bond acceptors (Lipinski definition) is 6. The average Bonchev–Trinajstić information content (AvgIpc) is 2.55. The van der Waals surface area contributed by atoms with Gasteiger partial charge in [0.2, 0.25) is 0 Å². The summed E-state index contributed by atoms with van der Waals surface area (Å²) in [5.74, 6) is -0.927. The van der Waals surface area contributed by atoms with Gasteiger partial charge in [-0.25, -0.2) is 0 Å². The van der Waals surface area contributed by atoms with E-state index < -0.39 is 27.7 Å². The molecule has 2 rings (SSSR count). The monoisotopic (exact) mass is 346 g/mol. The minimum absolute atomic E-state index is 0.245. The maximum Gasteiger partial charge on any atom is 0.294 e. The van der Waals surface area contributed by atoms with Gasteiger partial charge in [0.05, 0.1) is 10.6 Å². The van der Waals surface area contributed by atoms with Gasteiger partial charge < -0.3 is 0 Å². The lowest BCUT2D eigenvalue weighted by molar-refractivity contribution is -0.117. The van der Waals surface area contributed by atoms with Crippen LogP contribution in [-0.4, -0.2) is 30.6 Å². The maximum atomic E-state index is 12.3. The minimum Gasteiger partial charge on any atom is -0.297 e. The molecule has 0 saturated carbocycles. The smallest absolute Gasteiger partial charge is 0.294 e. The highest BCUT2D eigenvalue weighted by Crippen LogP contribution is 2.18. The predicted octanol–water partition coefficient (Wildman–Crippen LogP) is 2.86. The highest BCUT2D eigenvalue weighted by Gasteiger charge is 2.24. The van der Waals surface area contributed by atoms with Crippen molar-refractivity contribution in [2.45, 2.75) is 17.9 Å². The molecule has 0 heterocycles. The zero-order valence-electron chi connectivity index (χ0n) is 12.7. The molecule has 0 aromatic heterocycles. The first-order valence-electron chi connectivity index (χ1n) is 6.87. The summed E-state index contributed by atoms with van der Waals surface area (Å²) >= 11 is 0. The topological polar surface area (TPSA) is 113 Å². The Labute approximate surface area is 138 Å². The van der Waals surface area contributed by atoms with Crippen molar-refractivity contribution in [3.63, 3.8) is 0 Å². The fourth-order valence-electron chi connectivity index (χ4n) is 1.89. The van der Waals surface area contributed by atoms with E-state index >= 15 is 0 Å². The van der Waals surface area contributed by atoms with E-state index in [1.165, 1.54) is 19.1 Å². The van der Waals surface area contributed by atoms with Gasteiger partial charge >= 0.3 is 0 Å². The molecule has 0 fully saturated rings. The van der Waals surface area contributed by atoms with Crippen LogP contribution in [0, 0.1) is 0 Å². The van der Waals surface area contributed by atoms with Crippen LogP contribution in [0.4, 0.5) is 5.69 Å². The number of benzene rings is 2. The zero-order valence-corrected chi connectivity index (χ0v) is 13.5. The normalized spacial score (nSPS) is 12.9. The predicted molar refractivity (Wildman–Crippen MR) is 86.0 cm³/mol. The Morgan fingerprint density at radius 3 is 2.08 bits per heavy atom. The van der Waals surface area contributed by atoms with Gasteiger partial charge in [-0.3, -0.25) is 14.1 Å². The zero-order chi connectivity index (χ0) is 17.7. The van der Waals surface area contributed by atoms with Crippen LogP contribution >= 0.6 is 0 Å². The maximum absolute atomic E-state index is 12.3. The fraction of sp³-hybridized carbons (Fsp3) is 0.125. The van der Waals surface area contributed by atoms with Crippen LogP contribution in [0.2, 0.25) is 0 Å². The molecule has 0 spiro atoms. The SMILES string of the molecule is CC(=O)C(N=Nc1ccc(S(=O)(=O)O)cc1)C(=O)c1ccccc1. The lowest BCUT2D eigenvalue weighted by Gasteiger charge is -2.06. The quantitative estimate of drug-likeness (QED) is 0.374.